The van der Waals surface area contributed by atoms with Gasteiger partial charge in [0.25, 0.3) is 0 Å². The molecule has 0 bridgehead atoms. The Hall–Kier alpha value is -3.02. The summed E-state index contributed by atoms with van der Waals surface area (Å²) >= 11 is 0. The Labute approximate surface area is 165 Å². The predicted molar refractivity (Wildman–Crippen MR) is 108 cm³/mol. The van der Waals surface area contributed by atoms with Gasteiger partial charge in [-0.15, -0.1) is 0 Å². The summed E-state index contributed by atoms with van der Waals surface area (Å²) < 4.78 is 9.42. The summed E-state index contributed by atoms with van der Waals surface area (Å²) in [4.78, 5) is 14.8. The Morgan fingerprint density at radius 1 is 1.14 bits per heavy atom. The molecule has 1 aromatic carbocycles. The highest BCUT2D eigenvalue weighted by Crippen LogP contribution is 2.32. The minimum absolute atomic E-state index is 0.104. The highest BCUT2D eigenvalue weighted by molar-refractivity contribution is 5.79. The molecule has 1 amide bonds. The summed E-state index contributed by atoms with van der Waals surface area (Å²) in [6.45, 7) is 7.58. The Morgan fingerprint density at radius 2 is 1.89 bits per heavy atom. The molecule has 4 rings (SSSR count). The number of fused-ring (bicyclic) bond motifs is 1. The number of rotatable bonds is 4. The van der Waals surface area contributed by atoms with Crippen LogP contribution in [-0.2, 0) is 29.8 Å². The van der Waals surface area contributed by atoms with Crippen molar-refractivity contribution in [1.29, 1.82) is 0 Å². The molecule has 2 aromatic heterocycles. The SMILES string of the molecule is COc1cccc(CC(=O)N2Cc3nn(C(C)(C)C)c(-n4cccc4)c3C2)c1. The average molecular weight is 378 g/mol. The van der Waals surface area contributed by atoms with E-state index in [2.05, 4.69) is 30.0 Å². The number of ether oxygens (including phenoxy) is 1. The smallest absolute Gasteiger partial charge is 0.227 e. The van der Waals surface area contributed by atoms with Gasteiger partial charge in [-0.2, -0.15) is 5.10 Å². The van der Waals surface area contributed by atoms with Crippen LogP contribution in [0.2, 0.25) is 0 Å². The van der Waals surface area contributed by atoms with Gasteiger partial charge < -0.3 is 14.2 Å². The minimum Gasteiger partial charge on any atom is -0.497 e. The van der Waals surface area contributed by atoms with E-state index in [1.165, 1.54) is 0 Å². The Bertz CT molecular complexity index is 996. The van der Waals surface area contributed by atoms with Crippen LogP contribution < -0.4 is 4.74 Å². The van der Waals surface area contributed by atoms with E-state index in [0.717, 1.165) is 28.4 Å². The summed E-state index contributed by atoms with van der Waals surface area (Å²) in [6.07, 6.45) is 4.42. The molecule has 6 heteroatoms. The number of carbonyl (C=O) groups is 1. The van der Waals surface area contributed by atoms with Crippen molar-refractivity contribution < 1.29 is 9.53 Å². The highest BCUT2D eigenvalue weighted by atomic mass is 16.5. The van der Waals surface area contributed by atoms with Crippen LogP contribution in [0.1, 0.15) is 37.6 Å². The molecular formula is C22H26N4O2. The largest absolute Gasteiger partial charge is 0.497 e. The van der Waals surface area contributed by atoms with Gasteiger partial charge in [-0.3, -0.25) is 4.79 Å². The van der Waals surface area contributed by atoms with Crippen molar-refractivity contribution in [2.24, 2.45) is 0 Å². The topological polar surface area (TPSA) is 52.3 Å². The lowest BCUT2D eigenvalue weighted by Crippen LogP contribution is -2.30. The van der Waals surface area contributed by atoms with Crippen LogP contribution in [-0.4, -0.2) is 32.3 Å². The fourth-order valence-corrected chi connectivity index (χ4v) is 3.66. The number of hydrogen-bond donors (Lipinski definition) is 0. The lowest BCUT2D eigenvalue weighted by Gasteiger charge is -2.24. The molecule has 0 N–H and O–H groups in total. The van der Waals surface area contributed by atoms with E-state index in [1.54, 1.807) is 7.11 Å². The molecule has 0 radical (unpaired) electrons. The zero-order chi connectivity index (χ0) is 19.9. The van der Waals surface area contributed by atoms with Gasteiger partial charge >= 0.3 is 0 Å². The monoisotopic (exact) mass is 378 g/mol. The summed E-state index contributed by atoms with van der Waals surface area (Å²) in [5.74, 6) is 1.92. The minimum atomic E-state index is -0.140. The van der Waals surface area contributed by atoms with E-state index in [9.17, 15) is 4.79 Å². The molecule has 0 unspecified atom stereocenters. The molecule has 3 aromatic rings. The number of carbonyl (C=O) groups excluding carboxylic acids is 1. The van der Waals surface area contributed by atoms with Gasteiger partial charge in [-0.25, -0.2) is 4.68 Å². The molecule has 0 saturated carbocycles. The molecule has 3 heterocycles. The van der Waals surface area contributed by atoms with E-state index < -0.39 is 0 Å². The van der Waals surface area contributed by atoms with Crippen LogP contribution in [0.3, 0.4) is 0 Å². The number of hydrogen-bond acceptors (Lipinski definition) is 3. The summed E-state index contributed by atoms with van der Waals surface area (Å²) in [5.41, 5.74) is 2.93. The molecule has 1 aliphatic rings. The first kappa shape index (κ1) is 18.3. The molecule has 0 atom stereocenters. The summed E-state index contributed by atoms with van der Waals surface area (Å²) in [7, 11) is 1.64. The third-order valence-electron chi connectivity index (χ3n) is 5.06. The van der Waals surface area contributed by atoms with E-state index in [0.29, 0.717) is 19.5 Å². The predicted octanol–water partition coefficient (Wildman–Crippen LogP) is 3.52. The maximum absolute atomic E-state index is 12.9. The van der Waals surface area contributed by atoms with Gasteiger partial charge in [-0.05, 0) is 50.6 Å². The van der Waals surface area contributed by atoms with Crippen molar-refractivity contribution in [2.45, 2.75) is 45.8 Å². The third kappa shape index (κ3) is 3.30. The Kier molecular flexibility index (Phi) is 4.49. The molecule has 6 nitrogen and oxygen atoms in total. The maximum atomic E-state index is 12.9. The fraction of sp³-hybridized carbons (Fsp3) is 0.364. The molecule has 0 aliphatic carbocycles. The van der Waals surface area contributed by atoms with Crippen molar-refractivity contribution in [3.8, 4) is 11.6 Å². The first-order valence-electron chi connectivity index (χ1n) is 9.52. The van der Waals surface area contributed by atoms with Crippen LogP contribution in [0.4, 0.5) is 0 Å². The molecule has 0 saturated heterocycles. The second-order valence-corrected chi connectivity index (χ2v) is 8.20. The average Bonchev–Trinajstić information content (AvgIpc) is 3.36. The number of aromatic nitrogens is 3. The standard InChI is InChI=1S/C22H26N4O2/c1-22(2,3)26-21(24-10-5-6-11-24)18-14-25(15-19(18)23-26)20(27)13-16-8-7-9-17(12-16)28-4/h5-12H,13-15H2,1-4H3. The van der Waals surface area contributed by atoms with E-state index >= 15 is 0 Å². The van der Waals surface area contributed by atoms with Crippen LogP contribution in [0.15, 0.2) is 48.8 Å². The van der Waals surface area contributed by atoms with E-state index in [-0.39, 0.29) is 11.4 Å². The second-order valence-electron chi connectivity index (χ2n) is 8.20. The third-order valence-corrected chi connectivity index (χ3v) is 5.06. The zero-order valence-electron chi connectivity index (χ0n) is 16.8. The quantitative estimate of drug-likeness (QED) is 0.698. The maximum Gasteiger partial charge on any atom is 0.227 e. The number of benzene rings is 1. The van der Waals surface area contributed by atoms with Crippen LogP contribution >= 0.6 is 0 Å². The van der Waals surface area contributed by atoms with Crippen LogP contribution in [0.25, 0.3) is 5.82 Å². The molecule has 0 spiro atoms. The van der Waals surface area contributed by atoms with Crippen molar-refractivity contribution in [2.75, 3.05) is 7.11 Å². The van der Waals surface area contributed by atoms with Crippen LogP contribution in [0, 0.1) is 0 Å². The summed E-state index contributed by atoms with van der Waals surface area (Å²) in [6, 6.07) is 11.7. The van der Waals surface area contributed by atoms with Crippen molar-refractivity contribution >= 4 is 5.91 Å². The lowest BCUT2D eigenvalue weighted by molar-refractivity contribution is -0.131. The van der Waals surface area contributed by atoms with Crippen molar-refractivity contribution in [3.63, 3.8) is 0 Å². The van der Waals surface area contributed by atoms with Gasteiger partial charge in [0.1, 0.15) is 11.6 Å². The van der Waals surface area contributed by atoms with Crippen molar-refractivity contribution in [3.05, 3.63) is 65.6 Å². The van der Waals surface area contributed by atoms with Gasteiger partial charge in [0.05, 0.1) is 37.9 Å². The first-order valence-corrected chi connectivity index (χ1v) is 9.52. The highest BCUT2D eigenvalue weighted by Gasteiger charge is 2.33. The van der Waals surface area contributed by atoms with E-state index in [4.69, 9.17) is 9.84 Å². The number of nitrogens with zero attached hydrogens (tertiary/aromatic N) is 4. The fourth-order valence-electron chi connectivity index (χ4n) is 3.66. The van der Waals surface area contributed by atoms with Crippen molar-refractivity contribution in [1.82, 2.24) is 19.2 Å². The number of methoxy groups -OCH3 is 1. The van der Waals surface area contributed by atoms with Gasteiger partial charge in [0.2, 0.25) is 5.91 Å². The molecule has 0 fully saturated rings. The van der Waals surface area contributed by atoms with Crippen LogP contribution in [0.5, 0.6) is 5.75 Å². The first-order chi connectivity index (χ1) is 13.4. The molecule has 1 aliphatic heterocycles. The molecule has 146 valence electrons. The molecule has 28 heavy (non-hydrogen) atoms. The Morgan fingerprint density at radius 3 is 2.57 bits per heavy atom. The number of amides is 1. The molecular weight excluding hydrogens is 352 g/mol. The lowest BCUT2D eigenvalue weighted by atomic mass is 10.1. The van der Waals surface area contributed by atoms with E-state index in [1.807, 2.05) is 53.7 Å². The summed E-state index contributed by atoms with van der Waals surface area (Å²) in [5, 5.41) is 4.87. The second kappa shape index (κ2) is 6.86. The van der Waals surface area contributed by atoms with Gasteiger partial charge in [0.15, 0.2) is 0 Å². The Balaban J connectivity index is 1.59. The zero-order valence-corrected chi connectivity index (χ0v) is 16.8. The van der Waals surface area contributed by atoms with Gasteiger partial charge in [-0.1, -0.05) is 12.1 Å². The normalized spacial score (nSPS) is 13.6. The van der Waals surface area contributed by atoms with Gasteiger partial charge in [0, 0.05) is 18.0 Å².